The number of nitrogens with zero attached hydrogens (tertiary/aromatic N) is 1. The highest BCUT2D eigenvalue weighted by molar-refractivity contribution is 6.35. The van der Waals surface area contributed by atoms with Crippen LogP contribution in [0.2, 0.25) is 10.0 Å². The van der Waals surface area contributed by atoms with Crippen LogP contribution in [0.25, 0.3) is 6.08 Å². The average Bonchev–Trinajstić information content (AvgIpc) is 2.72. The predicted octanol–water partition coefficient (Wildman–Crippen LogP) is 4.56. The van der Waals surface area contributed by atoms with Crippen molar-refractivity contribution in [3.05, 3.63) is 75.8 Å². The van der Waals surface area contributed by atoms with Gasteiger partial charge in [-0.1, -0.05) is 59.6 Å². The summed E-state index contributed by atoms with van der Waals surface area (Å²) in [5, 5.41) is 4.04. The zero-order chi connectivity index (χ0) is 19.9. The van der Waals surface area contributed by atoms with Crippen molar-refractivity contribution in [1.82, 2.24) is 10.2 Å². The first kappa shape index (κ1) is 20.4. The van der Waals surface area contributed by atoms with Gasteiger partial charge < -0.3 is 10.2 Å². The minimum atomic E-state index is -0.0896. The predicted molar refractivity (Wildman–Crippen MR) is 113 cm³/mol. The Morgan fingerprint density at radius 3 is 2.46 bits per heavy atom. The van der Waals surface area contributed by atoms with E-state index in [1.807, 2.05) is 42.5 Å². The molecule has 1 heterocycles. The summed E-state index contributed by atoms with van der Waals surface area (Å²) in [7, 11) is 0. The molecule has 0 atom stereocenters. The molecule has 1 aliphatic heterocycles. The van der Waals surface area contributed by atoms with Gasteiger partial charge in [-0.05, 0) is 42.2 Å². The van der Waals surface area contributed by atoms with Crippen molar-refractivity contribution < 1.29 is 9.59 Å². The fourth-order valence-corrected chi connectivity index (χ4v) is 3.67. The first-order valence-electron chi connectivity index (χ1n) is 9.26. The number of rotatable bonds is 5. The van der Waals surface area contributed by atoms with Crippen molar-refractivity contribution in [1.29, 1.82) is 0 Å². The maximum absolute atomic E-state index is 12.4. The van der Waals surface area contributed by atoms with Crippen LogP contribution in [-0.4, -0.2) is 29.8 Å². The Hall–Kier alpha value is -2.30. The van der Waals surface area contributed by atoms with Crippen molar-refractivity contribution >= 4 is 41.1 Å². The van der Waals surface area contributed by atoms with Crippen LogP contribution in [0, 0.1) is 5.92 Å². The molecule has 1 fully saturated rings. The molecule has 1 aliphatic rings. The lowest BCUT2D eigenvalue weighted by molar-refractivity contribution is -0.132. The van der Waals surface area contributed by atoms with Crippen LogP contribution < -0.4 is 5.32 Å². The Morgan fingerprint density at radius 1 is 1.07 bits per heavy atom. The zero-order valence-electron chi connectivity index (χ0n) is 15.4. The fourth-order valence-electron chi connectivity index (χ4n) is 3.19. The summed E-state index contributed by atoms with van der Waals surface area (Å²) in [5.41, 5.74) is 1.82. The molecule has 6 heteroatoms. The molecule has 1 N–H and O–H groups in total. The highest BCUT2D eigenvalue weighted by Crippen LogP contribution is 2.22. The van der Waals surface area contributed by atoms with Gasteiger partial charge in [-0.3, -0.25) is 9.59 Å². The molecule has 3 rings (SSSR count). The maximum Gasteiger partial charge on any atom is 0.246 e. The Labute approximate surface area is 175 Å². The van der Waals surface area contributed by atoms with Gasteiger partial charge in [0.15, 0.2) is 0 Å². The number of hydrogen-bond donors (Lipinski definition) is 1. The van der Waals surface area contributed by atoms with Gasteiger partial charge in [0.05, 0.1) is 0 Å². The minimum absolute atomic E-state index is 0.00190. The molecule has 0 radical (unpaired) electrons. The van der Waals surface area contributed by atoms with Crippen LogP contribution >= 0.6 is 23.2 Å². The number of benzene rings is 2. The van der Waals surface area contributed by atoms with Gasteiger partial charge in [0.1, 0.15) is 0 Å². The summed E-state index contributed by atoms with van der Waals surface area (Å²) >= 11 is 12.0. The third-order valence-corrected chi connectivity index (χ3v) is 5.45. The summed E-state index contributed by atoms with van der Waals surface area (Å²) in [4.78, 5) is 26.6. The first-order valence-corrected chi connectivity index (χ1v) is 10.0. The molecule has 2 amide bonds. The fraction of sp³-hybridized carbons (Fsp3) is 0.273. The van der Waals surface area contributed by atoms with E-state index in [0.29, 0.717) is 42.5 Å². The molecular weight excluding hydrogens is 395 g/mol. The second-order valence-electron chi connectivity index (χ2n) is 6.80. The van der Waals surface area contributed by atoms with Crippen molar-refractivity contribution in [3.8, 4) is 0 Å². The molecular formula is C22H22Cl2N2O2. The van der Waals surface area contributed by atoms with Gasteiger partial charge >= 0.3 is 0 Å². The third kappa shape index (κ3) is 5.60. The molecule has 4 nitrogen and oxygen atoms in total. The maximum atomic E-state index is 12.4. The number of carbonyl (C=O) groups is 2. The molecule has 0 saturated carbocycles. The number of hydrogen-bond acceptors (Lipinski definition) is 2. The monoisotopic (exact) mass is 416 g/mol. The van der Waals surface area contributed by atoms with E-state index < -0.39 is 0 Å². The topological polar surface area (TPSA) is 49.4 Å². The first-order chi connectivity index (χ1) is 13.5. The smallest absolute Gasteiger partial charge is 0.246 e. The largest absolute Gasteiger partial charge is 0.352 e. The highest BCUT2D eigenvalue weighted by Gasteiger charge is 2.26. The van der Waals surface area contributed by atoms with E-state index in [-0.39, 0.29) is 17.7 Å². The molecule has 0 aliphatic carbocycles. The minimum Gasteiger partial charge on any atom is -0.352 e. The molecule has 28 heavy (non-hydrogen) atoms. The summed E-state index contributed by atoms with van der Waals surface area (Å²) in [6.07, 6.45) is 4.73. The molecule has 0 aromatic heterocycles. The van der Waals surface area contributed by atoms with E-state index in [4.69, 9.17) is 23.2 Å². The van der Waals surface area contributed by atoms with Gasteiger partial charge in [-0.15, -0.1) is 0 Å². The number of nitrogens with one attached hydrogen (secondary N) is 1. The van der Waals surface area contributed by atoms with Gasteiger partial charge in [0.25, 0.3) is 0 Å². The van der Waals surface area contributed by atoms with Crippen LogP contribution in [0.3, 0.4) is 0 Å². The van der Waals surface area contributed by atoms with E-state index in [1.54, 1.807) is 23.1 Å². The highest BCUT2D eigenvalue weighted by atomic mass is 35.5. The lowest BCUT2D eigenvalue weighted by atomic mass is 9.95. The van der Waals surface area contributed by atoms with E-state index in [1.165, 1.54) is 0 Å². The zero-order valence-corrected chi connectivity index (χ0v) is 16.9. The van der Waals surface area contributed by atoms with Crippen LogP contribution in [-0.2, 0) is 16.1 Å². The normalized spacial score (nSPS) is 15.0. The van der Waals surface area contributed by atoms with Crippen molar-refractivity contribution in [2.24, 2.45) is 5.92 Å². The Bertz CT molecular complexity index is 860. The Balaban J connectivity index is 1.46. The van der Waals surface area contributed by atoms with Crippen LogP contribution in [0.1, 0.15) is 24.0 Å². The third-order valence-electron chi connectivity index (χ3n) is 4.86. The molecule has 0 bridgehead atoms. The summed E-state index contributed by atoms with van der Waals surface area (Å²) in [6.45, 7) is 1.53. The van der Waals surface area contributed by atoms with E-state index >= 15 is 0 Å². The van der Waals surface area contributed by atoms with Crippen LogP contribution in [0.4, 0.5) is 0 Å². The second-order valence-corrected chi connectivity index (χ2v) is 7.64. The lowest BCUT2D eigenvalue weighted by Crippen LogP contribution is -2.42. The number of piperidine rings is 1. The van der Waals surface area contributed by atoms with E-state index in [2.05, 4.69) is 5.32 Å². The van der Waals surface area contributed by atoms with Gasteiger partial charge in [-0.25, -0.2) is 0 Å². The molecule has 2 aromatic carbocycles. The molecule has 146 valence electrons. The van der Waals surface area contributed by atoms with Gasteiger partial charge in [0.2, 0.25) is 11.8 Å². The van der Waals surface area contributed by atoms with E-state index in [0.717, 1.165) is 11.1 Å². The molecule has 0 unspecified atom stereocenters. The molecule has 2 aromatic rings. The second kappa shape index (κ2) is 9.76. The quantitative estimate of drug-likeness (QED) is 0.726. The van der Waals surface area contributed by atoms with Crippen LogP contribution in [0.15, 0.2) is 54.6 Å². The van der Waals surface area contributed by atoms with Crippen LogP contribution in [0.5, 0.6) is 0 Å². The molecule has 0 spiro atoms. The SMILES string of the molecule is O=C(NCc1ccc(Cl)cc1Cl)C1CCN(C(=O)C=Cc2ccccc2)CC1. The number of likely N-dealkylation sites (tertiary alicyclic amines) is 1. The summed E-state index contributed by atoms with van der Waals surface area (Å²) < 4.78 is 0. The number of halogens is 2. The molecule has 1 saturated heterocycles. The number of amides is 2. The van der Waals surface area contributed by atoms with Gasteiger partial charge in [-0.2, -0.15) is 0 Å². The Kier molecular flexibility index (Phi) is 7.12. The summed E-state index contributed by atoms with van der Waals surface area (Å²) in [6, 6.07) is 14.9. The number of carbonyl (C=O) groups excluding carboxylic acids is 2. The summed E-state index contributed by atoms with van der Waals surface area (Å²) in [5.74, 6) is -0.109. The average molecular weight is 417 g/mol. The Morgan fingerprint density at radius 2 is 1.79 bits per heavy atom. The van der Waals surface area contributed by atoms with Crippen molar-refractivity contribution in [3.63, 3.8) is 0 Å². The standard InChI is InChI=1S/C22H22Cl2N2O2/c23-19-8-7-18(20(24)14-19)15-25-22(28)17-10-12-26(13-11-17)21(27)9-6-16-4-2-1-3-5-16/h1-9,14,17H,10-13,15H2,(H,25,28). The van der Waals surface area contributed by atoms with Gasteiger partial charge in [0, 0.05) is 41.7 Å². The lowest BCUT2D eigenvalue weighted by Gasteiger charge is -2.30. The van der Waals surface area contributed by atoms with Crippen molar-refractivity contribution in [2.45, 2.75) is 19.4 Å². The van der Waals surface area contributed by atoms with E-state index in [9.17, 15) is 9.59 Å². The van der Waals surface area contributed by atoms with Crippen molar-refractivity contribution in [2.75, 3.05) is 13.1 Å².